The molecule has 6 nitrogen and oxygen atoms in total. The number of hydrogen-bond acceptors (Lipinski definition) is 4. The van der Waals surface area contributed by atoms with Crippen LogP contribution in [0.1, 0.15) is 23.7 Å². The van der Waals surface area contributed by atoms with Crippen LogP contribution in [0.5, 0.6) is 5.75 Å². The number of carbonyl (C=O) groups is 1. The molecule has 1 aliphatic carbocycles. The average Bonchev–Trinajstić information content (AvgIpc) is 2.94. The van der Waals surface area contributed by atoms with Gasteiger partial charge in [0.05, 0.1) is 17.6 Å². The summed E-state index contributed by atoms with van der Waals surface area (Å²) in [5, 5.41) is 5.13. The van der Waals surface area contributed by atoms with Gasteiger partial charge in [-0.1, -0.05) is 6.92 Å². The van der Waals surface area contributed by atoms with Crippen LogP contribution >= 0.6 is 0 Å². The molecule has 1 amide bonds. The van der Waals surface area contributed by atoms with E-state index in [9.17, 15) is 13.2 Å². The molecule has 3 rings (SSSR count). The first-order chi connectivity index (χ1) is 9.74. The Labute approximate surface area is 123 Å². The molecule has 0 aromatic heterocycles. The molecule has 21 heavy (non-hydrogen) atoms. The third-order valence-electron chi connectivity index (χ3n) is 4.55. The summed E-state index contributed by atoms with van der Waals surface area (Å²) in [4.78, 5) is 14.3. The molecule has 2 aliphatic rings. The fraction of sp³-hybridized carbons (Fsp3) is 0.500. The average molecular weight is 310 g/mol. The van der Waals surface area contributed by atoms with Crippen molar-refractivity contribution < 1.29 is 17.9 Å². The van der Waals surface area contributed by atoms with Gasteiger partial charge in [0.15, 0.2) is 0 Å². The SMILES string of the molecule is COc1ccc(S(N)(=O)=O)cc1C(=O)N1CC2CC2(C)C1. The molecule has 1 saturated carbocycles. The monoisotopic (exact) mass is 310 g/mol. The molecule has 2 atom stereocenters. The van der Waals surface area contributed by atoms with Crippen LogP contribution in [-0.2, 0) is 10.0 Å². The first-order valence-electron chi connectivity index (χ1n) is 6.75. The highest BCUT2D eigenvalue weighted by molar-refractivity contribution is 7.89. The molecule has 0 spiro atoms. The number of nitrogens with zero attached hydrogens (tertiary/aromatic N) is 1. The van der Waals surface area contributed by atoms with Crippen molar-refractivity contribution in [1.82, 2.24) is 4.90 Å². The van der Waals surface area contributed by atoms with Gasteiger partial charge in [-0.15, -0.1) is 0 Å². The van der Waals surface area contributed by atoms with Crippen LogP contribution in [-0.4, -0.2) is 39.4 Å². The zero-order valence-corrected chi connectivity index (χ0v) is 12.8. The maximum atomic E-state index is 12.6. The van der Waals surface area contributed by atoms with Gasteiger partial charge >= 0.3 is 0 Å². The molecular weight excluding hydrogens is 292 g/mol. The second-order valence-electron chi connectivity index (χ2n) is 6.15. The van der Waals surface area contributed by atoms with Gasteiger partial charge in [0.2, 0.25) is 10.0 Å². The molecule has 2 N–H and O–H groups in total. The van der Waals surface area contributed by atoms with E-state index in [4.69, 9.17) is 9.88 Å². The number of hydrogen-bond donors (Lipinski definition) is 1. The van der Waals surface area contributed by atoms with E-state index in [0.717, 1.165) is 13.0 Å². The molecule has 1 saturated heterocycles. The van der Waals surface area contributed by atoms with Crippen molar-refractivity contribution in [2.75, 3.05) is 20.2 Å². The number of nitrogens with two attached hydrogens (primary N) is 1. The van der Waals surface area contributed by atoms with Gasteiger partial charge in [-0.2, -0.15) is 0 Å². The largest absolute Gasteiger partial charge is 0.496 e. The molecule has 7 heteroatoms. The number of methoxy groups -OCH3 is 1. The summed E-state index contributed by atoms with van der Waals surface area (Å²) in [7, 11) is -2.40. The summed E-state index contributed by atoms with van der Waals surface area (Å²) in [5.74, 6) is 0.720. The number of benzene rings is 1. The van der Waals surface area contributed by atoms with Crippen molar-refractivity contribution in [2.45, 2.75) is 18.2 Å². The van der Waals surface area contributed by atoms with Crippen LogP contribution < -0.4 is 9.88 Å². The van der Waals surface area contributed by atoms with Gasteiger partial charge in [0.1, 0.15) is 5.75 Å². The fourth-order valence-corrected chi connectivity index (χ4v) is 3.65. The smallest absolute Gasteiger partial charge is 0.257 e. The standard InChI is InChI=1S/C14H18N2O4S/c1-14-6-9(14)7-16(8-14)13(17)11-5-10(21(15,18)19)3-4-12(11)20-2/h3-5,9H,6-8H2,1-2H3,(H2,15,18,19). The Morgan fingerprint density at radius 1 is 1.48 bits per heavy atom. The number of fused-ring (bicyclic) bond motifs is 1. The van der Waals surface area contributed by atoms with Crippen LogP contribution in [0.25, 0.3) is 0 Å². The molecule has 1 aliphatic heterocycles. The Hall–Kier alpha value is -1.60. The van der Waals surface area contributed by atoms with Crippen molar-refractivity contribution >= 4 is 15.9 Å². The number of amides is 1. The molecule has 0 radical (unpaired) electrons. The number of piperidine rings is 1. The van der Waals surface area contributed by atoms with Gasteiger partial charge in [-0.3, -0.25) is 4.79 Å². The Kier molecular flexibility index (Phi) is 3.04. The summed E-state index contributed by atoms with van der Waals surface area (Å²) in [6, 6.07) is 4.10. The van der Waals surface area contributed by atoms with E-state index >= 15 is 0 Å². The van der Waals surface area contributed by atoms with E-state index in [1.165, 1.54) is 25.3 Å². The van der Waals surface area contributed by atoms with Gasteiger partial charge < -0.3 is 9.64 Å². The van der Waals surface area contributed by atoms with Gasteiger partial charge in [-0.05, 0) is 36.0 Å². The predicted octanol–water partition coefficient (Wildman–Crippen LogP) is 0.825. The summed E-state index contributed by atoms with van der Waals surface area (Å²) in [6.07, 6.45) is 1.16. The van der Waals surface area contributed by atoms with E-state index in [1.807, 2.05) is 0 Å². The molecule has 2 unspecified atom stereocenters. The second kappa shape index (κ2) is 4.45. The van der Waals surface area contributed by atoms with E-state index < -0.39 is 10.0 Å². The molecule has 1 aromatic rings. The summed E-state index contributed by atoms with van der Waals surface area (Å²) < 4.78 is 28.1. The maximum absolute atomic E-state index is 12.6. The van der Waals surface area contributed by atoms with Crippen molar-refractivity contribution in [1.29, 1.82) is 0 Å². The fourth-order valence-electron chi connectivity index (χ4n) is 3.11. The summed E-state index contributed by atoms with van der Waals surface area (Å²) in [5.41, 5.74) is 0.481. The second-order valence-corrected chi connectivity index (χ2v) is 7.71. The van der Waals surface area contributed by atoms with Crippen LogP contribution in [0, 0.1) is 11.3 Å². The van der Waals surface area contributed by atoms with Crippen LogP contribution in [0.4, 0.5) is 0 Å². The van der Waals surface area contributed by atoms with Crippen LogP contribution in [0.15, 0.2) is 23.1 Å². The molecule has 1 heterocycles. The quantitative estimate of drug-likeness (QED) is 0.895. The molecule has 0 bridgehead atoms. The van der Waals surface area contributed by atoms with Crippen molar-refractivity contribution in [2.24, 2.45) is 16.5 Å². The number of carbonyl (C=O) groups excluding carboxylic acids is 1. The molecule has 1 aromatic carbocycles. The lowest BCUT2D eigenvalue weighted by Crippen LogP contribution is -2.32. The van der Waals surface area contributed by atoms with Crippen LogP contribution in [0.2, 0.25) is 0 Å². The lowest BCUT2D eigenvalue weighted by molar-refractivity contribution is 0.0763. The summed E-state index contributed by atoms with van der Waals surface area (Å²) in [6.45, 7) is 3.60. The number of sulfonamides is 1. The number of primary sulfonamides is 1. The number of likely N-dealkylation sites (tertiary alicyclic amines) is 1. The van der Waals surface area contributed by atoms with E-state index in [0.29, 0.717) is 18.2 Å². The molecular formula is C14H18N2O4S. The first kappa shape index (κ1) is 14.3. The van der Waals surface area contributed by atoms with E-state index in [-0.39, 0.29) is 21.8 Å². The number of rotatable bonds is 3. The zero-order chi connectivity index (χ0) is 15.4. The van der Waals surface area contributed by atoms with Crippen molar-refractivity contribution in [3.05, 3.63) is 23.8 Å². The minimum absolute atomic E-state index is 0.0813. The van der Waals surface area contributed by atoms with Gasteiger partial charge in [0.25, 0.3) is 5.91 Å². The van der Waals surface area contributed by atoms with Crippen LogP contribution in [0.3, 0.4) is 0 Å². The Balaban J connectivity index is 1.95. The highest BCUT2D eigenvalue weighted by atomic mass is 32.2. The Morgan fingerprint density at radius 3 is 2.71 bits per heavy atom. The third-order valence-corrected chi connectivity index (χ3v) is 5.46. The van der Waals surface area contributed by atoms with Gasteiger partial charge in [0, 0.05) is 13.1 Å². The lowest BCUT2D eigenvalue weighted by Gasteiger charge is -2.21. The highest BCUT2D eigenvalue weighted by Gasteiger charge is 2.57. The first-order valence-corrected chi connectivity index (χ1v) is 8.29. The highest BCUT2D eigenvalue weighted by Crippen LogP contribution is 2.57. The Bertz CT molecular complexity index is 716. The summed E-state index contributed by atoms with van der Waals surface area (Å²) >= 11 is 0. The van der Waals surface area contributed by atoms with E-state index in [1.54, 1.807) is 4.90 Å². The lowest BCUT2D eigenvalue weighted by atomic mass is 10.1. The van der Waals surface area contributed by atoms with Crippen molar-refractivity contribution in [3.63, 3.8) is 0 Å². The molecule has 114 valence electrons. The minimum Gasteiger partial charge on any atom is -0.496 e. The topological polar surface area (TPSA) is 89.7 Å². The Morgan fingerprint density at radius 2 is 2.19 bits per heavy atom. The van der Waals surface area contributed by atoms with E-state index in [2.05, 4.69) is 6.92 Å². The maximum Gasteiger partial charge on any atom is 0.257 e. The minimum atomic E-state index is -3.85. The van der Waals surface area contributed by atoms with Gasteiger partial charge in [-0.25, -0.2) is 13.6 Å². The third kappa shape index (κ3) is 2.40. The number of ether oxygens (including phenoxy) is 1. The predicted molar refractivity (Wildman–Crippen MR) is 76.5 cm³/mol. The normalized spacial score (nSPS) is 27.4. The zero-order valence-electron chi connectivity index (χ0n) is 12.0. The van der Waals surface area contributed by atoms with Crippen molar-refractivity contribution in [3.8, 4) is 5.75 Å². The molecule has 2 fully saturated rings.